The van der Waals surface area contributed by atoms with Gasteiger partial charge < -0.3 is 4.90 Å². The highest BCUT2D eigenvalue weighted by Gasteiger charge is 2.29. The first kappa shape index (κ1) is 21.2. The molecule has 1 N–H and O–H groups in total. The number of nitrogens with one attached hydrogen (secondary N) is 1. The van der Waals surface area contributed by atoms with Gasteiger partial charge in [0.1, 0.15) is 11.7 Å². The van der Waals surface area contributed by atoms with E-state index < -0.39 is 5.82 Å². The number of aromatic amines is 1. The van der Waals surface area contributed by atoms with Gasteiger partial charge in [0.25, 0.3) is 5.56 Å². The monoisotopic (exact) mass is 441 g/mol. The molecule has 8 heteroatoms. The third kappa shape index (κ3) is 4.37. The number of halogens is 2. The van der Waals surface area contributed by atoms with Crippen LogP contribution in [0.5, 0.6) is 0 Å². The van der Waals surface area contributed by atoms with Crippen LogP contribution in [-0.4, -0.2) is 45.8 Å². The fraction of sp³-hybridized carbons (Fsp3) is 0.304. The molecule has 1 aromatic heterocycles. The molecule has 1 fully saturated rings. The van der Waals surface area contributed by atoms with E-state index in [1.165, 1.54) is 6.07 Å². The summed E-state index contributed by atoms with van der Waals surface area (Å²) in [7, 11) is 0. The Morgan fingerprint density at radius 3 is 2.55 bits per heavy atom. The van der Waals surface area contributed by atoms with E-state index >= 15 is 0 Å². The molecule has 4 rings (SSSR count). The second-order valence-electron chi connectivity index (χ2n) is 7.69. The Labute approximate surface area is 183 Å². The number of H-pyrrole nitrogens is 1. The summed E-state index contributed by atoms with van der Waals surface area (Å²) in [6.07, 6.45) is 1.31. The molecule has 31 heavy (non-hydrogen) atoms. The molecule has 160 valence electrons. The largest absolute Gasteiger partial charge is 0.342 e. The molecule has 2 heterocycles. The minimum atomic E-state index is -0.563. The number of benzene rings is 2. The predicted octanol–water partition coefficient (Wildman–Crippen LogP) is 3.31. The van der Waals surface area contributed by atoms with Gasteiger partial charge in [-0.25, -0.2) is 9.49 Å². The molecule has 1 amide bonds. The van der Waals surface area contributed by atoms with Crippen molar-refractivity contribution in [2.45, 2.75) is 19.3 Å². The first-order chi connectivity index (χ1) is 15.0. The number of piperidine rings is 1. The average molecular weight is 442 g/mol. The Bertz CT molecular complexity index is 1200. The van der Waals surface area contributed by atoms with Crippen LogP contribution in [0.15, 0.2) is 47.3 Å². The molecular formula is C23H21ClFN3O3. The minimum absolute atomic E-state index is 0.0494. The second kappa shape index (κ2) is 8.98. The number of aromatic nitrogens is 2. The summed E-state index contributed by atoms with van der Waals surface area (Å²) in [6, 6.07) is 11.6. The summed E-state index contributed by atoms with van der Waals surface area (Å²) < 4.78 is 14.5. The van der Waals surface area contributed by atoms with Crippen molar-refractivity contribution in [3.8, 4) is 0 Å². The van der Waals surface area contributed by atoms with Crippen molar-refractivity contribution in [3.05, 3.63) is 75.5 Å². The van der Waals surface area contributed by atoms with Gasteiger partial charge in [0.15, 0.2) is 5.78 Å². The van der Waals surface area contributed by atoms with E-state index in [2.05, 4.69) is 10.2 Å². The highest BCUT2D eigenvalue weighted by Crippen LogP contribution is 2.25. The van der Waals surface area contributed by atoms with Crippen molar-refractivity contribution >= 4 is 34.1 Å². The maximum Gasteiger partial charge on any atom is 0.272 e. The number of alkyl halides is 1. The van der Waals surface area contributed by atoms with Crippen LogP contribution in [0, 0.1) is 11.7 Å². The summed E-state index contributed by atoms with van der Waals surface area (Å²) in [4.78, 5) is 38.3. The summed E-state index contributed by atoms with van der Waals surface area (Å²) in [5, 5.41) is 7.90. The van der Waals surface area contributed by atoms with Crippen LogP contribution in [0.3, 0.4) is 0 Å². The van der Waals surface area contributed by atoms with Crippen molar-refractivity contribution in [1.82, 2.24) is 15.1 Å². The number of carbonyl (C=O) groups is 2. The van der Waals surface area contributed by atoms with E-state index in [1.807, 2.05) is 12.1 Å². The van der Waals surface area contributed by atoms with Gasteiger partial charge in [0, 0.05) is 30.8 Å². The lowest BCUT2D eigenvalue weighted by Gasteiger charge is -2.31. The Hall–Kier alpha value is -3.06. The van der Waals surface area contributed by atoms with E-state index in [9.17, 15) is 18.8 Å². The molecule has 0 radical (unpaired) electrons. The summed E-state index contributed by atoms with van der Waals surface area (Å²) >= 11 is 5.60. The molecule has 0 bridgehead atoms. The van der Waals surface area contributed by atoms with Crippen molar-refractivity contribution in [2.24, 2.45) is 5.92 Å². The number of fused-ring (bicyclic) bond motifs is 1. The normalized spacial score (nSPS) is 14.7. The van der Waals surface area contributed by atoms with Crippen LogP contribution in [0.1, 0.15) is 34.5 Å². The number of hydrogen-bond donors (Lipinski definition) is 1. The van der Waals surface area contributed by atoms with Crippen molar-refractivity contribution in [2.75, 3.05) is 19.0 Å². The zero-order chi connectivity index (χ0) is 22.0. The molecular weight excluding hydrogens is 421 g/mol. The number of carbonyl (C=O) groups excluding carboxylic acids is 2. The maximum absolute atomic E-state index is 14.5. The van der Waals surface area contributed by atoms with Gasteiger partial charge >= 0.3 is 0 Å². The molecule has 1 aliphatic rings. The Morgan fingerprint density at radius 1 is 1.13 bits per heavy atom. The van der Waals surface area contributed by atoms with Crippen LogP contribution in [0.2, 0.25) is 0 Å². The van der Waals surface area contributed by atoms with Gasteiger partial charge in [-0.3, -0.25) is 14.4 Å². The third-order valence-corrected chi connectivity index (χ3v) is 6.00. The zero-order valence-corrected chi connectivity index (χ0v) is 17.5. The predicted molar refractivity (Wildman–Crippen MR) is 116 cm³/mol. The maximum atomic E-state index is 14.5. The number of nitrogens with zero attached hydrogens (tertiary/aromatic N) is 2. The van der Waals surface area contributed by atoms with E-state index in [0.29, 0.717) is 43.4 Å². The number of hydrogen-bond acceptors (Lipinski definition) is 4. The lowest BCUT2D eigenvalue weighted by molar-refractivity contribution is -0.129. The lowest BCUT2D eigenvalue weighted by atomic mass is 9.87. The van der Waals surface area contributed by atoms with Gasteiger partial charge in [-0.1, -0.05) is 24.3 Å². The van der Waals surface area contributed by atoms with E-state index in [1.54, 1.807) is 29.2 Å². The molecule has 0 spiro atoms. The van der Waals surface area contributed by atoms with Crippen LogP contribution in [-0.2, 0) is 11.2 Å². The summed E-state index contributed by atoms with van der Waals surface area (Å²) in [5.74, 6) is -1.38. The number of ketones is 1. The minimum Gasteiger partial charge on any atom is -0.342 e. The first-order valence-corrected chi connectivity index (χ1v) is 10.6. The van der Waals surface area contributed by atoms with Gasteiger partial charge in [-0.2, -0.15) is 5.10 Å². The van der Waals surface area contributed by atoms with Crippen LogP contribution in [0.25, 0.3) is 10.8 Å². The highest BCUT2D eigenvalue weighted by molar-refractivity contribution is 6.27. The number of likely N-dealkylation sites (tertiary alicyclic amines) is 1. The van der Waals surface area contributed by atoms with Gasteiger partial charge in [-0.15, -0.1) is 11.6 Å². The van der Waals surface area contributed by atoms with Gasteiger partial charge in [0.2, 0.25) is 5.91 Å². The summed E-state index contributed by atoms with van der Waals surface area (Å²) in [6.45, 7) is 0.882. The molecule has 2 aromatic carbocycles. The number of amides is 1. The Balaban J connectivity index is 1.56. The smallest absolute Gasteiger partial charge is 0.272 e. The highest BCUT2D eigenvalue weighted by atomic mass is 35.5. The molecule has 0 saturated carbocycles. The molecule has 1 aliphatic heterocycles. The van der Waals surface area contributed by atoms with Crippen LogP contribution >= 0.6 is 11.6 Å². The molecule has 6 nitrogen and oxygen atoms in total. The second-order valence-corrected chi connectivity index (χ2v) is 7.96. The van der Waals surface area contributed by atoms with E-state index in [4.69, 9.17) is 11.6 Å². The van der Waals surface area contributed by atoms with E-state index in [-0.39, 0.29) is 34.6 Å². The van der Waals surface area contributed by atoms with Crippen molar-refractivity contribution in [1.29, 1.82) is 0 Å². The lowest BCUT2D eigenvalue weighted by Crippen LogP contribution is -2.41. The van der Waals surface area contributed by atoms with Gasteiger partial charge in [0.05, 0.1) is 16.6 Å². The Kier molecular flexibility index (Phi) is 6.13. The Morgan fingerprint density at radius 2 is 1.84 bits per heavy atom. The van der Waals surface area contributed by atoms with Crippen molar-refractivity contribution in [3.63, 3.8) is 0 Å². The first-order valence-electron chi connectivity index (χ1n) is 10.1. The average Bonchev–Trinajstić information content (AvgIpc) is 2.81. The molecule has 0 aliphatic carbocycles. The number of Topliss-reactive ketones (excluding diaryl/α,β-unsaturated/α-hetero) is 1. The molecule has 1 saturated heterocycles. The zero-order valence-electron chi connectivity index (χ0n) is 16.7. The topological polar surface area (TPSA) is 83.1 Å². The third-order valence-electron chi connectivity index (χ3n) is 5.78. The number of rotatable bonds is 5. The van der Waals surface area contributed by atoms with Gasteiger partial charge in [-0.05, 0) is 36.6 Å². The molecule has 3 aromatic rings. The summed E-state index contributed by atoms with van der Waals surface area (Å²) in [5.41, 5.74) is 1.15. The van der Waals surface area contributed by atoms with Crippen LogP contribution in [0.4, 0.5) is 4.39 Å². The molecule has 0 unspecified atom stereocenters. The van der Waals surface area contributed by atoms with E-state index in [0.717, 1.165) is 10.9 Å². The fourth-order valence-corrected chi connectivity index (χ4v) is 4.24. The van der Waals surface area contributed by atoms with Crippen LogP contribution < -0.4 is 5.56 Å². The standard InChI is InChI=1S/C23H21ClFN3O3/c24-13-21(29)28-9-7-15(8-10-28)22(30)18-11-14(5-6-19(18)25)12-20-16-3-1-2-4-17(16)23(31)27-26-20/h1-6,11,15H,7-10,12-13H2,(H,27,31). The fourth-order valence-electron chi connectivity index (χ4n) is 4.07. The SMILES string of the molecule is O=C(c1cc(Cc2n[nH]c(=O)c3ccccc23)ccc1F)C1CCN(C(=O)CCl)CC1. The molecule has 0 atom stereocenters. The quantitative estimate of drug-likeness (QED) is 0.486. The van der Waals surface area contributed by atoms with Crippen molar-refractivity contribution < 1.29 is 14.0 Å².